The molecule has 116 valence electrons. The smallest absolute Gasteiger partial charge is 0.223 e. The number of ether oxygens (including phenoxy) is 1. The normalized spacial score (nSPS) is 19.6. The molecule has 1 aliphatic heterocycles. The summed E-state index contributed by atoms with van der Waals surface area (Å²) in [5, 5.41) is 0. The molecular formula is C17H25NO2S. The van der Waals surface area contributed by atoms with Crippen LogP contribution < -0.4 is 4.74 Å². The summed E-state index contributed by atoms with van der Waals surface area (Å²) in [4.78, 5) is 14.5. The van der Waals surface area contributed by atoms with E-state index in [-0.39, 0.29) is 11.8 Å². The van der Waals surface area contributed by atoms with Gasteiger partial charge in [0, 0.05) is 19.5 Å². The van der Waals surface area contributed by atoms with Crippen LogP contribution in [-0.2, 0) is 4.79 Å². The maximum absolute atomic E-state index is 12.4. The number of hydrogen-bond donors (Lipinski definition) is 0. The molecule has 2 rings (SSSR count). The van der Waals surface area contributed by atoms with E-state index in [1.54, 1.807) is 7.11 Å². The third-order valence-electron chi connectivity index (χ3n) is 4.18. The van der Waals surface area contributed by atoms with Gasteiger partial charge in [0.15, 0.2) is 0 Å². The summed E-state index contributed by atoms with van der Waals surface area (Å²) in [7, 11) is 1.67. The lowest BCUT2D eigenvalue weighted by Gasteiger charge is -2.19. The summed E-state index contributed by atoms with van der Waals surface area (Å²) in [6, 6.07) is 8.02. The van der Waals surface area contributed by atoms with Crippen molar-refractivity contribution in [3.63, 3.8) is 0 Å². The molecule has 1 amide bonds. The van der Waals surface area contributed by atoms with Crippen LogP contribution in [0.25, 0.3) is 0 Å². The Bertz CT molecular complexity index is 478. The number of thioether (sulfide) groups is 1. The van der Waals surface area contributed by atoms with Crippen LogP contribution in [0.5, 0.6) is 5.75 Å². The first-order valence-corrected chi connectivity index (χ1v) is 8.94. The summed E-state index contributed by atoms with van der Waals surface area (Å²) in [5.41, 5.74) is 1.17. The molecule has 4 heteroatoms. The van der Waals surface area contributed by atoms with Crippen LogP contribution in [0.2, 0.25) is 0 Å². The van der Waals surface area contributed by atoms with E-state index in [0.29, 0.717) is 12.3 Å². The standard InChI is InChI=1S/C17H25NO2S/c1-13(15-5-4-6-16(10-15)20-2)9-17(19)18-8-7-14(11-18)12-21-3/h4-6,10,13-14H,7-9,11-12H2,1-3H3/t13-,14+/m1/s1. The molecule has 3 nitrogen and oxygen atoms in total. The summed E-state index contributed by atoms with van der Waals surface area (Å²) in [5.74, 6) is 3.21. The fraction of sp³-hybridized carbons (Fsp3) is 0.588. The van der Waals surface area contributed by atoms with E-state index in [0.717, 1.165) is 31.0 Å². The van der Waals surface area contributed by atoms with Crippen molar-refractivity contribution in [3.8, 4) is 5.75 Å². The van der Waals surface area contributed by atoms with E-state index in [2.05, 4.69) is 19.2 Å². The second kappa shape index (κ2) is 7.74. The number of amides is 1. The zero-order valence-electron chi connectivity index (χ0n) is 13.2. The van der Waals surface area contributed by atoms with Gasteiger partial charge in [0.05, 0.1) is 7.11 Å². The predicted octanol–water partition coefficient (Wildman–Crippen LogP) is 3.40. The van der Waals surface area contributed by atoms with Gasteiger partial charge in [-0.1, -0.05) is 19.1 Å². The molecule has 0 unspecified atom stereocenters. The number of carbonyl (C=O) groups is 1. The van der Waals surface area contributed by atoms with Gasteiger partial charge in [-0.15, -0.1) is 0 Å². The van der Waals surface area contributed by atoms with E-state index in [9.17, 15) is 4.79 Å². The molecule has 0 radical (unpaired) electrons. The molecule has 1 heterocycles. The Hall–Kier alpha value is -1.16. The first kappa shape index (κ1) is 16.2. The fourth-order valence-electron chi connectivity index (χ4n) is 2.89. The van der Waals surface area contributed by atoms with Crippen molar-refractivity contribution in [1.82, 2.24) is 4.90 Å². The Balaban J connectivity index is 1.90. The highest BCUT2D eigenvalue weighted by Gasteiger charge is 2.26. The van der Waals surface area contributed by atoms with Crippen molar-refractivity contribution < 1.29 is 9.53 Å². The Morgan fingerprint density at radius 2 is 2.33 bits per heavy atom. The van der Waals surface area contributed by atoms with Crippen LogP contribution in [-0.4, -0.2) is 43.0 Å². The third-order valence-corrected chi connectivity index (χ3v) is 4.99. The van der Waals surface area contributed by atoms with Gasteiger partial charge in [0.2, 0.25) is 5.91 Å². The minimum atomic E-state index is 0.229. The second-order valence-electron chi connectivity index (χ2n) is 5.83. The molecule has 0 bridgehead atoms. The number of nitrogens with zero attached hydrogens (tertiary/aromatic N) is 1. The van der Waals surface area contributed by atoms with Crippen LogP contribution in [0.15, 0.2) is 24.3 Å². The van der Waals surface area contributed by atoms with Gasteiger partial charge in [-0.2, -0.15) is 11.8 Å². The molecular weight excluding hydrogens is 282 g/mol. The van der Waals surface area contributed by atoms with Crippen molar-refractivity contribution in [1.29, 1.82) is 0 Å². The van der Waals surface area contributed by atoms with Gasteiger partial charge in [-0.25, -0.2) is 0 Å². The largest absolute Gasteiger partial charge is 0.497 e. The molecule has 0 aliphatic carbocycles. The molecule has 0 spiro atoms. The van der Waals surface area contributed by atoms with Crippen LogP contribution in [0.3, 0.4) is 0 Å². The molecule has 0 saturated carbocycles. The first-order chi connectivity index (χ1) is 10.1. The van der Waals surface area contributed by atoms with Gasteiger partial charge >= 0.3 is 0 Å². The van der Waals surface area contributed by atoms with Gasteiger partial charge in [-0.3, -0.25) is 4.79 Å². The molecule has 1 aromatic carbocycles. The zero-order valence-corrected chi connectivity index (χ0v) is 14.0. The minimum Gasteiger partial charge on any atom is -0.497 e. The van der Waals surface area contributed by atoms with E-state index in [4.69, 9.17) is 4.74 Å². The molecule has 0 N–H and O–H groups in total. The highest BCUT2D eigenvalue weighted by atomic mass is 32.2. The van der Waals surface area contributed by atoms with E-state index in [1.165, 1.54) is 5.56 Å². The average Bonchev–Trinajstić information content (AvgIpc) is 2.96. The SMILES string of the molecule is COc1cccc([C@H](C)CC(=O)N2CC[C@H](CSC)C2)c1. The fourth-order valence-corrected chi connectivity index (χ4v) is 3.63. The van der Waals surface area contributed by atoms with Crippen molar-refractivity contribution >= 4 is 17.7 Å². The van der Waals surface area contributed by atoms with Crippen LogP contribution in [0.4, 0.5) is 0 Å². The zero-order chi connectivity index (χ0) is 15.2. The quantitative estimate of drug-likeness (QED) is 0.807. The number of likely N-dealkylation sites (tertiary alicyclic amines) is 1. The Morgan fingerprint density at radius 3 is 3.05 bits per heavy atom. The van der Waals surface area contributed by atoms with E-state index in [1.807, 2.05) is 34.9 Å². The lowest BCUT2D eigenvalue weighted by Crippen LogP contribution is -2.29. The van der Waals surface area contributed by atoms with Crippen molar-refractivity contribution in [2.45, 2.75) is 25.7 Å². The molecule has 0 aromatic heterocycles. The van der Waals surface area contributed by atoms with Crippen molar-refractivity contribution in [2.24, 2.45) is 5.92 Å². The molecule has 1 fully saturated rings. The number of hydrogen-bond acceptors (Lipinski definition) is 3. The van der Waals surface area contributed by atoms with Crippen LogP contribution in [0.1, 0.15) is 31.2 Å². The summed E-state index contributed by atoms with van der Waals surface area (Å²) >= 11 is 1.88. The summed E-state index contributed by atoms with van der Waals surface area (Å²) in [6.45, 7) is 3.97. The maximum atomic E-state index is 12.4. The molecule has 1 aliphatic rings. The van der Waals surface area contributed by atoms with Gasteiger partial charge < -0.3 is 9.64 Å². The van der Waals surface area contributed by atoms with Crippen molar-refractivity contribution in [3.05, 3.63) is 29.8 Å². The molecule has 1 saturated heterocycles. The number of carbonyl (C=O) groups excluding carboxylic acids is 1. The summed E-state index contributed by atoms with van der Waals surface area (Å²) < 4.78 is 5.25. The minimum absolute atomic E-state index is 0.229. The molecule has 21 heavy (non-hydrogen) atoms. The average molecular weight is 307 g/mol. The highest BCUT2D eigenvalue weighted by molar-refractivity contribution is 7.98. The number of benzene rings is 1. The highest BCUT2D eigenvalue weighted by Crippen LogP contribution is 2.26. The number of rotatable bonds is 6. The summed E-state index contributed by atoms with van der Waals surface area (Å²) in [6.07, 6.45) is 3.87. The Labute approximate surface area is 132 Å². The van der Waals surface area contributed by atoms with E-state index < -0.39 is 0 Å². The molecule has 1 aromatic rings. The Morgan fingerprint density at radius 1 is 1.52 bits per heavy atom. The Kier molecular flexibility index (Phi) is 5.97. The topological polar surface area (TPSA) is 29.5 Å². The van der Waals surface area contributed by atoms with Crippen LogP contribution >= 0.6 is 11.8 Å². The van der Waals surface area contributed by atoms with Crippen molar-refractivity contribution in [2.75, 3.05) is 32.2 Å². The first-order valence-electron chi connectivity index (χ1n) is 7.54. The number of methoxy groups -OCH3 is 1. The van der Waals surface area contributed by atoms with E-state index >= 15 is 0 Å². The maximum Gasteiger partial charge on any atom is 0.223 e. The van der Waals surface area contributed by atoms with Gasteiger partial charge in [0.25, 0.3) is 0 Å². The second-order valence-corrected chi connectivity index (χ2v) is 6.74. The monoisotopic (exact) mass is 307 g/mol. The van der Waals surface area contributed by atoms with Crippen LogP contribution in [0, 0.1) is 5.92 Å². The third kappa shape index (κ3) is 4.40. The molecule has 2 atom stereocenters. The lowest BCUT2D eigenvalue weighted by atomic mass is 9.97. The lowest BCUT2D eigenvalue weighted by molar-refractivity contribution is -0.130. The van der Waals surface area contributed by atoms with Gasteiger partial charge in [0.1, 0.15) is 5.75 Å². The van der Waals surface area contributed by atoms with Gasteiger partial charge in [-0.05, 0) is 48.0 Å². The predicted molar refractivity (Wildman–Crippen MR) is 89.1 cm³/mol.